The van der Waals surface area contributed by atoms with E-state index in [0.717, 1.165) is 24.0 Å². The van der Waals surface area contributed by atoms with Crippen LogP contribution in [0.5, 0.6) is 0 Å². The standard InChI is InChI=1S/C22H27ClO3S/c1-4-6-7-17(5-2)22(21(24)18-10-12-19(23)13-11-18)27(25,26)20-14-8-16(3)9-15-20/h8-15,21,24H,4-7H2,1-3H3/b22-17-. The summed E-state index contributed by atoms with van der Waals surface area (Å²) in [5.41, 5.74) is 2.28. The molecule has 2 rings (SSSR count). The number of aliphatic hydroxyl groups excluding tert-OH is 1. The van der Waals surface area contributed by atoms with E-state index in [9.17, 15) is 13.5 Å². The summed E-state index contributed by atoms with van der Waals surface area (Å²) in [5, 5.41) is 11.6. The van der Waals surface area contributed by atoms with Crippen LogP contribution in [0.1, 0.15) is 56.8 Å². The summed E-state index contributed by atoms with van der Waals surface area (Å²) in [5.74, 6) is 0. The van der Waals surface area contributed by atoms with Gasteiger partial charge in [0.15, 0.2) is 0 Å². The first-order valence-electron chi connectivity index (χ1n) is 9.28. The number of unbranched alkanes of at least 4 members (excludes halogenated alkanes) is 1. The first-order chi connectivity index (χ1) is 12.8. The van der Waals surface area contributed by atoms with Crippen molar-refractivity contribution < 1.29 is 13.5 Å². The average Bonchev–Trinajstić information content (AvgIpc) is 2.65. The van der Waals surface area contributed by atoms with Gasteiger partial charge < -0.3 is 5.11 Å². The summed E-state index contributed by atoms with van der Waals surface area (Å²) in [4.78, 5) is 0.309. The fourth-order valence-electron chi connectivity index (χ4n) is 3.04. The van der Waals surface area contributed by atoms with Crippen molar-refractivity contribution in [2.45, 2.75) is 57.5 Å². The number of sulfone groups is 1. The summed E-state index contributed by atoms with van der Waals surface area (Å²) in [6, 6.07) is 13.4. The maximum Gasteiger partial charge on any atom is 0.205 e. The first kappa shape index (κ1) is 21.7. The number of allylic oxidation sites excluding steroid dienone is 1. The van der Waals surface area contributed by atoms with Crippen molar-refractivity contribution in [2.24, 2.45) is 0 Å². The van der Waals surface area contributed by atoms with E-state index in [2.05, 4.69) is 6.92 Å². The minimum absolute atomic E-state index is 0.102. The van der Waals surface area contributed by atoms with Gasteiger partial charge in [-0.25, -0.2) is 8.42 Å². The highest BCUT2D eigenvalue weighted by Crippen LogP contribution is 2.36. The van der Waals surface area contributed by atoms with Gasteiger partial charge in [0.25, 0.3) is 0 Å². The highest BCUT2D eigenvalue weighted by molar-refractivity contribution is 7.95. The monoisotopic (exact) mass is 406 g/mol. The average molecular weight is 407 g/mol. The van der Waals surface area contributed by atoms with Crippen LogP contribution in [-0.4, -0.2) is 13.5 Å². The Hall–Kier alpha value is -1.62. The maximum atomic E-state index is 13.4. The molecule has 0 bridgehead atoms. The van der Waals surface area contributed by atoms with Crippen LogP contribution in [0, 0.1) is 6.92 Å². The van der Waals surface area contributed by atoms with Gasteiger partial charge in [-0.3, -0.25) is 0 Å². The molecule has 0 amide bonds. The van der Waals surface area contributed by atoms with E-state index in [4.69, 9.17) is 11.6 Å². The minimum Gasteiger partial charge on any atom is -0.383 e. The van der Waals surface area contributed by atoms with Crippen LogP contribution in [0.25, 0.3) is 0 Å². The SMILES string of the molecule is CCCC/C(CC)=C(/C(O)c1ccc(Cl)cc1)S(=O)(=O)c1ccc(C)cc1. The van der Waals surface area contributed by atoms with Crippen molar-refractivity contribution in [2.75, 3.05) is 0 Å². The third kappa shape index (κ3) is 5.22. The summed E-state index contributed by atoms with van der Waals surface area (Å²) >= 11 is 5.94. The van der Waals surface area contributed by atoms with E-state index in [-0.39, 0.29) is 9.80 Å². The molecular formula is C22H27ClO3S. The Balaban J connectivity index is 2.63. The van der Waals surface area contributed by atoms with Crippen molar-refractivity contribution >= 4 is 21.4 Å². The van der Waals surface area contributed by atoms with Crippen LogP contribution in [0.15, 0.2) is 63.9 Å². The Labute approximate surface area is 167 Å². The molecule has 0 radical (unpaired) electrons. The second kappa shape index (κ2) is 9.54. The van der Waals surface area contributed by atoms with Crippen molar-refractivity contribution in [1.82, 2.24) is 0 Å². The van der Waals surface area contributed by atoms with Gasteiger partial charge in [0.2, 0.25) is 9.84 Å². The molecule has 0 aliphatic rings. The van der Waals surface area contributed by atoms with E-state index in [0.29, 0.717) is 23.4 Å². The molecule has 0 aromatic heterocycles. The van der Waals surface area contributed by atoms with Crippen LogP contribution < -0.4 is 0 Å². The Morgan fingerprint density at radius 1 is 1.04 bits per heavy atom. The molecule has 146 valence electrons. The predicted octanol–water partition coefficient (Wildman–Crippen LogP) is 6.01. The van der Waals surface area contributed by atoms with Gasteiger partial charge in [-0.15, -0.1) is 0 Å². The molecule has 0 saturated carbocycles. The molecule has 0 fully saturated rings. The highest BCUT2D eigenvalue weighted by atomic mass is 35.5. The van der Waals surface area contributed by atoms with Crippen molar-refractivity contribution in [3.05, 3.63) is 75.2 Å². The second-order valence-corrected chi connectivity index (χ2v) is 9.05. The molecular weight excluding hydrogens is 380 g/mol. The predicted molar refractivity (Wildman–Crippen MR) is 112 cm³/mol. The molecule has 1 unspecified atom stereocenters. The number of aryl methyl sites for hydroxylation is 1. The summed E-state index contributed by atoms with van der Waals surface area (Å²) in [6.07, 6.45) is 1.84. The Morgan fingerprint density at radius 2 is 1.63 bits per heavy atom. The lowest BCUT2D eigenvalue weighted by Gasteiger charge is -2.21. The molecule has 0 aliphatic carbocycles. The van der Waals surface area contributed by atoms with Gasteiger partial charge in [-0.1, -0.05) is 67.3 Å². The third-order valence-corrected chi connectivity index (χ3v) is 6.90. The molecule has 27 heavy (non-hydrogen) atoms. The van der Waals surface area contributed by atoms with Gasteiger partial charge in [0.05, 0.1) is 9.80 Å². The fraction of sp³-hybridized carbons (Fsp3) is 0.364. The van der Waals surface area contributed by atoms with Gasteiger partial charge >= 0.3 is 0 Å². The summed E-state index contributed by atoms with van der Waals surface area (Å²) < 4.78 is 26.9. The smallest absolute Gasteiger partial charge is 0.205 e. The van der Waals surface area contributed by atoms with Crippen LogP contribution in [0.2, 0.25) is 5.02 Å². The largest absolute Gasteiger partial charge is 0.383 e. The number of halogens is 1. The van der Waals surface area contributed by atoms with Gasteiger partial charge in [0, 0.05) is 5.02 Å². The van der Waals surface area contributed by atoms with Crippen LogP contribution in [0.3, 0.4) is 0 Å². The number of hydrogen-bond donors (Lipinski definition) is 1. The van der Waals surface area contributed by atoms with Crippen LogP contribution >= 0.6 is 11.6 Å². The molecule has 0 aliphatic heterocycles. The normalized spacial score (nSPS) is 14.0. The third-order valence-electron chi connectivity index (χ3n) is 4.66. The first-order valence-corrected chi connectivity index (χ1v) is 11.1. The number of hydrogen-bond acceptors (Lipinski definition) is 3. The molecule has 1 atom stereocenters. The zero-order valence-corrected chi connectivity index (χ0v) is 17.6. The lowest BCUT2D eigenvalue weighted by Crippen LogP contribution is -2.16. The van der Waals surface area contributed by atoms with Gasteiger partial charge in [-0.2, -0.15) is 0 Å². The number of benzene rings is 2. The molecule has 2 aromatic carbocycles. The van der Waals surface area contributed by atoms with Crippen LogP contribution in [-0.2, 0) is 9.84 Å². The van der Waals surface area contributed by atoms with Crippen molar-refractivity contribution in [1.29, 1.82) is 0 Å². The van der Waals surface area contributed by atoms with Gasteiger partial charge in [-0.05, 0) is 56.0 Å². The van der Waals surface area contributed by atoms with E-state index in [1.54, 1.807) is 48.5 Å². The van der Waals surface area contributed by atoms with E-state index < -0.39 is 15.9 Å². The second-order valence-electron chi connectivity index (χ2n) is 6.70. The van der Waals surface area contributed by atoms with Crippen LogP contribution in [0.4, 0.5) is 0 Å². The topological polar surface area (TPSA) is 54.4 Å². The lowest BCUT2D eigenvalue weighted by atomic mass is 10.0. The number of rotatable bonds is 8. The molecule has 0 spiro atoms. The zero-order valence-electron chi connectivity index (χ0n) is 16.1. The molecule has 0 saturated heterocycles. The maximum absolute atomic E-state index is 13.4. The van der Waals surface area contributed by atoms with Crippen molar-refractivity contribution in [3.63, 3.8) is 0 Å². The molecule has 1 N–H and O–H groups in total. The van der Waals surface area contributed by atoms with Crippen molar-refractivity contribution in [3.8, 4) is 0 Å². The quantitative estimate of drug-likeness (QED) is 0.583. The fourth-order valence-corrected chi connectivity index (χ4v) is 4.97. The van der Waals surface area contributed by atoms with E-state index in [1.807, 2.05) is 13.8 Å². The molecule has 3 nitrogen and oxygen atoms in total. The molecule has 2 aromatic rings. The molecule has 0 heterocycles. The lowest BCUT2D eigenvalue weighted by molar-refractivity contribution is 0.221. The summed E-state index contributed by atoms with van der Waals surface area (Å²) in [7, 11) is -3.82. The van der Waals surface area contributed by atoms with Gasteiger partial charge in [0.1, 0.15) is 6.10 Å². The minimum atomic E-state index is -3.82. The zero-order chi connectivity index (χ0) is 20.0. The molecule has 5 heteroatoms. The highest BCUT2D eigenvalue weighted by Gasteiger charge is 2.30. The van der Waals surface area contributed by atoms with E-state index in [1.165, 1.54) is 0 Å². The Morgan fingerprint density at radius 3 is 2.15 bits per heavy atom. The number of aliphatic hydroxyl groups is 1. The van der Waals surface area contributed by atoms with E-state index >= 15 is 0 Å². The Bertz CT molecular complexity index is 882. The summed E-state index contributed by atoms with van der Waals surface area (Å²) in [6.45, 7) is 5.91. The Kier molecular flexibility index (Phi) is 7.66.